The minimum Gasteiger partial charge on any atom is -0.396 e. The van der Waals surface area contributed by atoms with E-state index >= 15 is 0 Å². The van der Waals surface area contributed by atoms with Crippen molar-refractivity contribution in [3.63, 3.8) is 0 Å². The molecule has 1 N–H and O–H groups in total. The second-order valence-corrected chi connectivity index (χ2v) is 11.2. The minimum atomic E-state index is -0.0829. The fraction of sp³-hybridized carbons (Fsp3) is 0.960. The molecule has 9 heteroatoms. The highest BCUT2D eigenvalue weighted by Gasteiger charge is 2.67. The average molecular weight is 481 g/mol. The summed E-state index contributed by atoms with van der Waals surface area (Å²) in [7, 11) is 0. The van der Waals surface area contributed by atoms with E-state index in [-0.39, 0.29) is 42.3 Å². The number of aliphatic hydroxyl groups excluding tert-OH is 1. The molecule has 4 bridgehead atoms. The molecule has 8 fully saturated rings. The normalized spacial score (nSPS) is 54.4. The molecule has 0 amide bonds. The molecule has 6 unspecified atom stereocenters. The smallest absolute Gasteiger partial charge is 0.373 e. The summed E-state index contributed by atoms with van der Waals surface area (Å²) in [5.41, 5.74) is -0.0539. The molecule has 6 saturated heterocycles. The van der Waals surface area contributed by atoms with Gasteiger partial charge in [-0.1, -0.05) is 6.92 Å². The van der Waals surface area contributed by atoms with E-state index in [1.807, 2.05) is 0 Å². The van der Waals surface area contributed by atoms with Crippen LogP contribution in [0.5, 0.6) is 0 Å². The summed E-state index contributed by atoms with van der Waals surface area (Å²) < 4.78 is 35.9. The second kappa shape index (κ2) is 8.89. The monoisotopic (exact) mass is 480 g/mol. The molecule has 34 heavy (non-hydrogen) atoms. The number of rotatable bonds is 3. The van der Waals surface area contributed by atoms with Crippen molar-refractivity contribution in [1.29, 1.82) is 0 Å². The SMILES string of the molecule is CCC1CC[C@@H]2O[C@@H]3CC2(CC2O[C@H]23)O1.O=C=O.OCCC1CC[C@@H]2O[C@@H]3CC2(CC2O[C@H]23)O1. The highest BCUT2D eigenvalue weighted by atomic mass is 16.7. The van der Waals surface area contributed by atoms with Crippen LogP contribution >= 0.6 is 0 Å². The van der Waals surface area contributed by atoms with Crippen molar-refractivity contribution in [1.82, 2.24) is 0 Å². The summed E-state index contributed by atoms with van der Waals surface area (Å²) in [6, 6.07) is 0. The van der Waals surface area contributed by atoms with Crippen LogP contribution in [0.25, 0.3) is 0 Å². The average Bonchev–Trinajstić information content (AvgIpc) is 3.70. The summed E-state index contributed by atoms with van der Waals surface area (Å²) in [4.78, 5) is 16.2. The van der Waals surface area contributed by atoms with Crippen LogP contribution in [-0.4, -0.2) is 90.1 Å². The number of ether oxygens (including phenoxy) is 6. The standard InChI is InChI=1S/C12H18O4.C12H18O3.CO2/c13-4-3-7-1-2-10-12(16-7)5-8(14-10)11-9(6-12)15-11;1-2-7-3-4-10-12(15-7)5-8(13-10)11-9(6-12)14-11;2-1-3/h7-11,13H,1-6H2;7-11H,2-6H2,1H3;/t2*7?,8-,9?,10+,11+,12?;/m11./s1. The molecule has 12 atom stereocenters. The van der Waals surface area contributed by atoms with Crippen molar-refractivity contribution >= 4 is 6.15 Å². The number of hydrogen-bond acceptors (Lipinski definition) is 9. The molecule has 8 rings (SSSR count). The van der Waals surface area contributed by atoms with Crippen LogP contribution < -0.4 is 0 Å². The Hall–Kier alpha value is -0.900. The van der Waals surface area contributed by atoms with E-state index in [0.29, 0.717) is 42.7 Å². The maximum atomic E-state index is 9.01. The molecule has 2 saturated carbocycles. The zero-order chi connectivity index (χ0) is 23.5. The topological polar surface area (TPSA) is 116 Å². The molecule has 2 aliphatic carbocycles. The van der Waals surface area contributed by atoms with E-state index < -0.39 is 0 Å². The molecule has 2 spiro atoms. The Labute approximate surface area is 199 Å². The summed E-state index contributed by atoms with van der Waals surface area (Å²) in [6.07, 6.45) is 14.3. The first-order valence-corrected chi connectivity index (χ1v) is 13.1. The maximum Gasteiger partial charge on any atom is 0.373 e. The predicted molar refractivity (Wildman–Crippen MR) is 114 cm³/mol. The number of epoxide rings is 2. The Balaban J connectivity index is 0.000000115. The van der Waals surface area contributed by atoms with Crippen molar-refractivity contribution in [3.05, 3.63) is 0 Å². The third kappa shape index (κ3) is 3.98. The van der Waals surface area contributed by atoms with E-state index in [4.69, 9.17) is 43.1 Å². The molecule has 9 nitrogen and oxygen atoms in total. The molecular weight excluding hydrogens is 444 g/mol. The first-order chi connectivity index (χ1) is 16.5. The van der Waals surface area contributed by atoms with Gasteiger partial charge in [-0.3, -0.25) is 0 Å². The summed E-state index contributed by atoms with van der Waals surface area (Å²) >= 11 is 0. The van der Waals surface area contributed by atoms with Crippen LogP contribution in [0.15, 0.2) is 0 Å². The van der Waals surface area contributed by atoms with Crippen LogP contribution in [0, 0.1) is 0 Å². The lowest BCUT2D eigenvalue weighted by Crippen LogP contribution is -2.50. The second-order valence-electron chi connectivity index (χ2n) is 11.2. The number of carbonyl (C=O) groups excluding carboxylic acids is 2. The van der Waals surface area contributed by atoms with Crippen molar-refractivity contribution in [2.45, 2.75) is 143 Å². The van der Waals surface area contributed by atoms with Gasteiger partial charge in [-0.15, -0.1) is 0 Å². The van der Waals surface area contributed by atoms with Gasteiger partial charge in [-0.25, -0.2) is 0 Å². The number of fused-ring (bicyclic) bond motifs is 6. The third-order valence-electron chi connectivity index (χ3n) is 9.23. The zero-order valence-electron chi connectivity index (χ0n) is 19.8. The van der Waals surface area contributed by atoms with Crippen LogP contribution in [0.2, 0.25) is 0 Å². The molecule has 0 aromatic carbocycles. The zero-order valence-corrected chi connectivity index (χ0v) is 19.8. The molecule has 190 valence electrons. The molecule has 8 aliphatic rings. The van der Waals surface area contributed by atoms with Gasteiger partial charge in [0, 0.05) is 32.3 Å². The van der Waals surface area contributed by atoms with Gasteiger partial charge in [-0.2, -0.15) is 9.59 Å². The summed E-state index contributed by atoms with van der Waals surface area (Å²) in [5, 5.41) is 9.01. The lowest BCUT2D eigenvalue weighted by atomic mass is 9.78. The molecule has 0 radical (unpaired) electrons. The fourth-order valence-electron chi connectivity index (χ4n) is 7.60. The summed E-state index contributed by atoms with van der Waals surface area (Å²) in [6.45, 7) is 2.44. The van der Waals surface area contributed by atoms with E-state index in [9.17, 15) is 0 Å². The fourth-order valence-corrected chi connectivity index (χ4v) is 7.60. The molecular formula is C25H36O9. The van der Waals surface area contributed by atoms with Gasteiger partial charge < -0.3 is 33.5 Å². The van der Waals surface area contributed by atoms with Gasteiger partial charge in [0.25, 0.3) is 0 Å². The Morgan fingerprint density at radius 3 is 1.65 bits per heavy atom. The van der Waals surface area contributed by atoms with Gasteiger partial charge in [0.2, 0.25) is 0 Å². The van der Waals surface area contributed by atoms with Crippen LogP contribution in [0.3, 0.4) is 0 Å². The van der Waals surface area contributed by atoms with Crippen molar-refractivity contribution < 1.29 is 43.1 Å². The lowest BCUT2D eigenvalue weighted by Gasteiger charge is -2.42. The highest BCUT2D eigenvalue weighted by molar-refractivity contribution is 5.20. The van der Waals surface area contributed by atoms with Gasteiger partial charge >= 0.3 is 6.15 Å². The predicted octanol–water partition coefficient (Wildman–Crippen LogP) is 1.67. The third-order valence-corrected chi connectivity index (χ3v) is 9.23. The molecule has 0 aromatic heterocycles. The largest absolute Gasteiger partial charge is 0.396 e. The van der Waals surface area contributed by atoms with Gasteiger partial charge in [-0.05, 0) is 38.5 Å². The van der Waals surface area contributed by atoms with Crippen molar-refractivity contribution in [2.24, 2.45) is 0 Å². The molecule has 0 aromatic rings. The van der Waals surface area contributed by atoms with E-state index in [1.165, 1.54) is 12.8 Å². The van der Waals surface area contributed by atoms with E-state index in [2.05, 4.69) is 6.92 Å². The van der Waals surface area contributed by atoms with E-state index in [0.717, 1.165) is 51.4 Å². The van der Waals surface area contributed by atoms with Crippen LogP contribution in [-0.2, 0) is 38.0 Å². The first kappa shape index (κ1) is 23.5. The molecule has 6 heterocycles. The Kier molecular flexibility index (Phi) is 6.14. The van der Waals surface area contributed by atoms with Crippen molar-refractivity contribution in [3.8, 4) is 0 Å². The first-order valence-electron chi connectivity index (χ1n) is 13.1. The van der Waals surface area contributed by atoms with Crippen LogP contribution in [0.4, 0.5) is 0 Å². The minimum absolute atomic E-state index is 0.0290. The lowest BCUT2D eigenvalue weighted by molar-refractivity contribution is -0.191. The highest BCUT2D eigenvalue weighted by Crippen LogP contribution is 2.56. The van der Waals surface area contributed by atoms with Crippen LogP contribution in [0.1, 0.15) is 71.1 Å². The van der Waals surface area contributed by atoms with E-state index in [1.54, 1.807) is 0 Å². The summed E-state index contributed by atoms with van der Waals surface area (Å²) in [5.74, 6) is 0. The maximum absolute atomic E-state index is 9.01. The quantitative estimate of drug-likeness (QED) is 0.602. The van der Waals surface area contributed by atoms with Gasteiger partial charge in [0.1, 0.15) is 12.2 Å². The number of hydrogen-bond donors (Lipinski definition) is 1. The Bertz CT molecular complexity index is 793. The van der Waals surface area contributed by atoms with Gasteiger partial charge in [0.15, 0.2) is 0 Å². The van der Waals surface area contributed by atoms with Crippen molar-refractivity contribution in [2.75, 3.05) is 6.61 Å². The van der Waals surface area contributed by atoms with Gasteiger partial charge in [0.05, 0.1) is 60.0 Å². The Morgan fingerprint density at radius 2 is 1.18 bits per heavy atom. The number of aliphatic hydroxyl groups is 1. The molecule has 6 aliphatic heterocycles. The Morgan fingerprint density at radius 1 is 0.735 bits per heavy atom.